The van der Waals surface area contributed by atoms with Gasteiger partial charge in [0.05, 0.1) is 12.6 Å². The van der Waals surface area contributed by atoms with Crippen LogP contribution in [0.3, 0.4) is 0 Å². The predicted molar refractivity (Wildman–Crippen MR) is 90.3 cm³/mol. The lowest BCUT2D eigenvalue weighted by molar-refractivity contribution is 0.146. The summed E-state index contributed by atoms with van der Waals surface area (Å²) in [6.07, 6.45) is 3.13. The number of ether oxygens (including phenoxy) is 1. The molecule has 0 spiro atoms. The van der Waals surface area contributed by atoms with Crippen molar-refractivity contribution in [1.82, 2.24) is 15.1 Å². The van der Waals surface area contributed by atoms with Crippen molar-refractivity contribution in [2.45, 2.75) is 37.9 Å². The fraction of sp³-hybridized carbons (Fsp3) is 0.611. The van der Waals surface area contributed by atoms with E-state index in [9.17, 15) is 4.79 Å². The summed E-state index contributed by atoms with van der Waals surface area (Å²) in [5.41, 5.74) is 1.33. The predicted octanol–water partition coefficient (Wildman–Crippen LogP) is 2.08. The molecule has 3 rings (SSSR count). The molecule has 2 atom stereocenters. The Kier molecular flexibility index (Phi) is 5.51. The van der Waals surface area contributed by atoms with Gasteiger partial charge >= 0.3 is 6.03 Å². The Labute approximate surface area is 138 Å². The number of amides is 2. The van der Waals surface area contributed by atoms with Crippen molar-refractivity contribution in [1.29, 1.82) is 0 Å². The van der Waals surface area contributed by atoms with Crippen molar-refractivity contribution in [3.63, 3.8) is 0 Å². The molecule has 0 bridgehead atoms. The lowest BCUT2D eigenvalue weighted by Crippen LogP contribution is -2.52. The maximum absolute atomic E-state index is 12.4. The van der Waals surface area contributed by atoms with Crippen LogP contribution in [0.25, 0.3) is 0 Å². The van der Waals surface area contributed by atoms with Gasteiger partial charge in [-0.1, -0.05) is 30.3 Å². The summed E-state index contributed by atoms with van der Waals surface area (Å²) in [6, 6.07) is 11.0. The van der Waals surface area contributed by atoms with E-state index in [1.807, 2.05) is 18.0 Å². The van der Waals surface area contributed by atoms with E-state index in [-0.39, 0.29) is 18.1 Å². The normalized spacial score (nSPS) is 25.3. The number of benzene rings is 1. The summed E-state index contributed by atoms with van der Waals surface area (Å²) >= 11 is 0. The molecule has 0 radical (unpaired) electrons. The SMILES string of the molecule is CN(C(=O)NC1CCCN(Cc2ccccc2)C1)C1CCOC1. The first kappa shape index (κ1) is 16.3. The molecule has 0 aromatic heterocycles. The van der Waals surface area contributed by atoms with Gasteiger partial charge in [0, 0.05) is 32.8 Å². The Hall–Kier alpha value is -1.59. The van der Waals surface area contributed by atoms with Gasteiger partial charge in [0.1, 0.15) is 0 Å². The van der Waals surface area contributed by atoms with E-state index in [0.29, 0.717) is 6.61 Å². The molecule has 5 heteroatoms. The number of hydrogen-bond acceptors (Lipinski definition) is 3. The minimum absolute atomic E-state index is 0.0343. The standard InChI is InChI=1S/C18H27N3O2/c1-20(17-9-11-23-14-17)18(22)19-16-8-5-10-21(13-16)12-15-6-3-2-4-7-15/h2-4,6-7,16-17H,5,8-14H2,1H3,(H,19,22). The molecule has 2 unspecified atom stereocenters. The minimum Gasteiger partial charge on any atom is -0.379 e. The Morgan fingerprint density at radius 3 is 2.91 bits per heavy atom. The smallest absolute Gasteiger partial charge is 0.317 e. The summed E-state index contributed by atoms with van der Waals surface area (Å²) in [6.45, 7) is 4.41. The molecule has 0 saturated carbocycles. The van der Waals surface area contributed by atoms with E-state index in [1.54, 1.807) is 0 Å². The van der Waals surface area contributed by atoms with E-state index in [0.717, 1.165) is 45.5 Å². The van der Waals surface area contributed by atoms with Crippen LogP contribution in [0.4, 0.5) is 4.79 Å². The summed E-state index contributed by atoms with van der Waals surface area (Å²) in [5.74, 6) is 0. The van der Waals surface area contributed by atoms with Crippen molar-refractivity contribution in [3.8, 4) is 0 Å². The number of hydrogen-bond donors (Lipinski definition) is 1. The van der Waals surface area contributed by atoms with Gasteiger partial charge in [-0.2, -0.15) is 0 Å². The Morgan fingerprint density at radius 1 is 1.35 bits per heavy atom. The molecule has 2 aliphatic heterocycles. The number of likely N-dealkylation sites (N-methyl/N-ethyl adjacent to an activating group) is 1. The van der Waals surface area contributed by atoms with Crippen LogP contribution < -0.4 is 5.32 Å². The largest absolute Gasteiger partial charge is 0.379 e. The quantitative estimate of drug-likeness (QED) is 0.925. The molecule has 2 fully saturated rings. The van der Waals surface area contributed by atoms with Crippen LogP contribution in [0.2, 0.25) is 0 Å². The topological polar surface area (TPSA) is 44.8 Å². The molecule has 0 aliphatic carbocycles. The molecule has 23 heavy (non-hydrogen) atoms. The van der Waals surface area contributed by atoms with Gasteiger partial charge in [-0.15, -0.1) is 0 Å². The summed E-state index contributed by atoms with van der Waals surface area (Å²) in [5, 5.41) is 3.20. The van der Waals surface area contributed by atoms with Gasteiger partial charge in [0.25, 0.3) is 0 Å². The zero-order chi connectivity index (χ0) is 16.1. The molecule has 5 nitrogen and oxygen atoms in total. The van der Waals surface area contributed by atoms with Gasteiger partial charge in [0.2, 0.25) is 0 Å². The van der Waals surface area contributed by atoms with Crippen molar-refractivity contribution in [3.05, 3.63) is 35.9 Å². The molecule has 1 N–H and O–H groups in total. The number of nitrogens with zero attached hydrogens (tertiary/aromatic N) is 2. The van der Waals surface area contributed by atoms with Gasteiger partial charge in [0.15, 0.2) is 0 Å². The highest BCUT2D eigenvalue weighted by molar-refractivity contribution is 5.74. The molecule has 2 saturated heterocycles. The number of piperidine rings is 1. The van der Waals surface area contributed by atoms with Crippen LogP contribution in [0, 0.1) is 0 Å². The van der Waals surface area contributed by atoms with Crippen LogP contribution in [-0.2, 0) is 11.3 Å². The number of urea groups is 1. The second kappa shape index (κ2) is 7.79. The summed E-state index contributed by atoms with van der Waals surface area (Å²) in [4.78, 5) is 16.6. The van der Waals surface area contributed by atoms with Crippen molar-refractivity contribution in [2.24, 2.45) is 0 Å². The third-order valence-electron chi connectivity index (χ3n) is 4.86. The highest BCUT2D eigenvalue weighted by Gasteiger charge is 2.27. The second-order valence-corrected chi connectivity index (χ2v) is 6.64. The zero-order valence-electron chi connectivity index (χ0n) is 13.9. The minimum atomic E-state index is 0.0343. The molecular formula is C18H27N3O2. The third-order valence-corrected chi connectivity index (χ3v) is 4.86. The molecule has 2 amide bonds. The first-order valence-electron chi connectivity index (χ1n) is 8.60. The number of rotatable bonds is 4. The van der Waals surface area contributed by atoms with Gasteiger partial charge in [-0.25, -0.2) is 4.79 Å². The van der Waals surface area contributed by atoms with E-state index in [1.165, 1.54) is 5.56 Å². The lowest BCUT2D eigenvalue weighted by Gasteiger charge is -2.34. The van der Waals surface area contributed by atoms with Crippen LogP contribution in [0.1, 0.15) is 24.8 Å². The fourth-order valence-electron chi connectivity index (χ4n) is 3.43. The van der Waals surface area contributed by atoms with Crippen molar-refractivity contribution >= 4 is 6.03 Å². The Balaban J connectivity index is 1.49. The summed E-state index contributed by atoms with van der Waals surface area (Å²) < 4.78 is 5.37. The van der Waals surface area contributed by atoms with Gasteiger partial charge in [-0.3, -0.25) is 4.90 Å². The van der Waals surface area contributed by atoms with Crippen molar-refractivity contribution in [2.75, 3.05) is 33.4 Å². The van der Waals surface area contributed by atoms with Crippen LogP contribution in [0.15, 0.2) is 30.3 Å². The maximum Gasteiger partial charge on any atom is 0.317 e. The zero-order valence-corrected chi connectivity index (χ0v) is 13.9. The Bertz CT molecular complexity index is 502. The number of carbonyl (C=O) groups is 1. The van der Waals surface area contributed by atoms with Crippen LogP contribution in [-0.4, -0.2) is 61.3 Å². The second-order valence-electron chi connectivity index (χ2n) is 6.64. The molecule has 2 heterocycles. The third kappa shape index (κ3) is 4.45. The number of nitrogens with one attached hydrogen (secondary N) is 1. The fourth-order valence-corrected chi connectivity index (χ4v) is 3.43. The van der Waals surface area contributed by atoms with Crippen LogP contribution >= 0.6 is 0 Å². The average molecular weight is 317 g/mol. The first-order chi connectivity index (χ1) is 11.2. The molecule has 126 valence electrons. The van der Waals surface area contributed by atoms with E-state index in [4.69, 9.17) is 4.74 Å². The molecule has 2 aliphatic rings. The van der Waals surface area contributed by atoms with Gasteiger partial charge in [-0.05, 0) is 31.4 Å². The van der Waals surface area contributed by atoms with E-state index in [2.05, 4.69) is 34.5 Å². The number of carbonyl (C=O) groups excluding carboxylic acids is 1. The maximum atomic E-state index is 12.4. The summed E-state index contributed by atoms with van der Waals surface area (Å²) in [7, 11) is 1.87. The van der Waals surface area contributed by atoms with E-state index < -0.39 is 0 Å². The monoisotopic (exact) mass is 317 g/mol. The lowest BCUT2D eigenvalue weighted by atomic mass is 10.0. The average Bonchev–Trinajstić information content (AvgIpc) is 3.10. The van der Waals surface area contributed by atoms with E-state index >= 15 is 0 Å². The highest BCUT2D eigenvalue weighted by atomic mass is 16.5. The first-order valence-corrected chi connectivity index (χ1v) is 8.60. The molecular weight excluding hydrogens is 290 g/mol. The highest BCUT2D eigenvalue weighted by Crippen LogP contribution is 2.15. The number of likely N-dealkylation sites (tertiary alicyclic amines) is 1. The Morgan fingerprint density at radius 2 is 2.17 bits per heavy atom. The van der Waals surface area contributed by atoms with Crippen molar-refractivity contribution < 1.29 is 9.53 Å². The van der Waals surface area contributed by atoms with Crippen LogP contribution in [0.5, 0.6) is 0 Å². The molecule has 1 aromatic carbocycles. The molecule has 1 aromatic rings. The van der Waals surface area contributed by atoms with Gasteiger partial charge < -0.3 is 15.0 Å².